The van der Waals surface area contributed by atoms with Gasteiger partial charge in [0.05, 0.1) is 59.5 Å². The topological polar surface area (TPSA) is 598 Å². The van der Waals surface area contributed by atoms with Gasteiger partial charge in [0.2, 0.25) is 77.8 Å². The predicted molar refractivity (Wildman–Crippen MR) is 386 cm³/mol. The maximum Gasteiger partial charge on any atom is 0.351 e. The fraction of sp³-hybridized carbons (Fsp3) is 0.676. The molecule has 116 heavy (non-hydrogen) atoms. The van der Waals surface area contributed by atoms with Crippen molar-refractivity contribution in [2.24, 2.45) is 23.5 Å². The van der Waals surface area contributed by atoms with Crippen LogP contribution in [-0.4, -0.2) is 281 Å². The lowest BCUT2D eigenvalue weighted by Gasteiger charge is -2.34. The third-order valence-electron chi connectivity index (χ3n) is 18.3. The van der Waals surface area contributed by atoms with Crippen LogP contribution in [0.25, 0.3) is 0 Å². The first-order valence-electron chi connectivity index (χ1n) is 36.6. The minimum atomic E-state index is -4.03. The molecule has 3 aromatic heterocycles. The Morgan fingerprint density at radius 3 is 0.940 bits per heavy atom. The number of alkyl halides is 6. The van der Waals surface area contributed by atoms with Gasteiger partial charge in [-0.05, 0) is 69.7 Å². The number of halogens is 6. The van der Waals surface area contributed by atoms with Gasteiger partial charge in [0, 0.05) is 44.3 Å². The quantitative estimate of drug-likeness (QED) is 0.0186. The molecule has 3 aliphatic heterocycles. The molecule has 3 aliphatic rings. The highest BCUT2D eigenvalue weighted by atomic mass is 19.3. The maximum absolute atomic E-state index is 14.8. The number of aromatic nitrogens is 6. The first-order valence-corrected chi connectivity index (χ1v) is 36.6. The number of nitrogens with two attached hydrogens (primary N) is 1. The number of nitrogens with zero attached hydrogens (tertiary/aromatic N) is 6. The largest absolute Gasteiger partial charge is 0.394 e. The lowest BCUT2D eigenvalue weighted by atomic mass is 10.0. The molecule has 0 spiro atoms. The SMILES string of the molecule is CC(C)[C@H](NC(=O)CCOCC(COCCC(=O)N[C@H](C(=O)N[C@@H](C)C(=O)Nc1ccn([C@@H]2O[C@H](CO)[C@@H](O)C2(F)F)c(=O)n1)C(C)C)(COCCC(=O)N[C@H](C(=O)N[C@@H](C)C(=O)Nc1ccn([C@@H]2O[C@H](CO)[C@@H](O)C2(F)F)c(=O)n1)C(C)C)NC(=O)CCCN)C(=O)N[C@@H](C)C(=O)Nc1ccn([C@@H]2O[C@H](CO)[C@@H](O)C2(F)F)c(=O)n1. The van der Waals surface area contributed by atoms with Crippen LogP contribution >= 0.6 is 0 Å². The molecular weight excluding hydrogens is 1570 g/mol. The molecule has 10 amide bonds. The lowest BCUT2D eigenvalue weighted by Crippen LogP contribution is -2.59. The van der Waals surface area contributed by atoms with Gasteiger partial charge in [-0.1, -0.05) is 41.5 Å². The number of carbonyl (C=O) groups excluding carboxylic acids is 10. The number of aliphatic hydroxyl groups is 6. The molecule has 3 aromatic rings. The summed E-state index contributed by atoms with van der Waals surface area (Å²) >= 11 is 0. The van der Waals surface area contributed by atoms with E-state index in [9.17, 15) is 119 Å². The molecular formula is C68H99F6N17O25. The summed E-state index contributed by atoms with van der Waals surface area (Å²) in [5.74, 6) is -23.8. The highest BCUT2D eigenvalue weighted by Crippen LogP contribution is 2.44. The molecule has 3 saturated heterocycles. The van der Waals surface area contributed by atoms with Gasteiger partial charge < -0.3 is 118 Å². The fourth-order valence-electron chi connectivity index (χ4n) is 11.6. The van der Waals surface area contributed by atoms with Crippen LogP contribution in [0.2, 0.25) is 0 Å². The Labute approximate surface area is 656 Å². The van der Waals surface area contributed by atoms with Crippen LogP contribution < -0.4 is 76.0 Å². The number of anilines is 3. The summed E-state index contributed by atoms with van der Waals surface area (Å²) in [7, 11) is 0. The second-order valence-corrected chi connectivity index (χ2v) is 28.6. The van der Waals surface area contributed by atoms with E-state index in [1.807, 2.05) is 0 Å². The van der Waals surface area contributed by atoms with E-state index >= 15 is 0 Å². The Hall–Kier alpha value is -9.60. The molecule has 15 atom stereocenters. The van der Waals surface area contributed by atoms with E-state index in [1.54, 1.807) is 41.5 Å². The minimum absolute atomic E-state index is 0.0505. The summed E-state index contributed by atoms with van der Waals surface area (Å²) in [6, 6.07) is -5.26. The van der Waals surface area contributed by atoms with Gasteiger partial charge in [-0.3, -0.25) is 61.6 Å². The molecule has 0 unspecified atom stereocenters. The van der Waals surface area contributed by atoms with Crippen LogP contribution in [0.15, 0.2) is 51.2 Å². The minimum Gasteiger partial charge on any atom is -0.394 e. The molecule has 0 radical (unpaired) electrons. The maximum atomic E-state index is 14.8. The Balaban J connectivity index is 1.10. The van der Waals surface area contributed by atoms with E-state index in [0.717, 1.165) is 36.8 Å². The summed E-state index contributed by atoms with van der Waals surface area (Å²) in [4.78, 5) is 184. The van der Waals surface area contributed by atoms with Crippen molar-refractivity contribution in [1.29, 1.82) is 0 Å². The molecule has 42 nitrogen and oxygen atoms in total. The number of hydrogen-bond acceptors (Lipinski definition) is 29. The summed E-state index contributed by atoms with van der Waals surface area (Å²) < 4.78 is 123. The number of ether oxygens (including phenoxy) is 6. The van der Waals surface area contributed by atoms with Gasteiger partial charge in [-0.25, -0.2) is 14.4 Å². The van der Waals surface area contributed by atoms with Gasteiger partial charge in [-0.15, -0.1) is 0 Å². The van der Waals surface area contributed by atoms with Crippen LogP contribution in [0.1, 0.15) is 113 Å². The summed E-state index contributed by atoms with van der Waals surface area (Å²) in [5.41, 5.74) is -0.0811. The van der Waals surface area contributed by atoms with Gasteiger partial charge >= 0.3 is 34.8 Å². The van der Waals surface area contributed by atoms with Crippen molar-refractivity contribution in [2.45, 2.75) is 209 Å². The van der Waals surface area contributed by atoms with Crippen molar-refractivity contribution in [3.63, 3.8) is 0 Å². The van der Waals surface area contributed by atoms with E-state index in [2.05, 4.69) is 68.1 Å². The van der Waals surface area contributed by atoms with E-state index in [0.29, 0.717) is 13.7 Å². The molecule has 0 saturated carbocycles. The van der Waals surface area contributed by atoms with Crippen molar-refractivity contribution < 1.29 is 133 Å². The zero-order valence-corrected chi connectivity index (χ0v) is 64.4. The molecule has 6 rings (SSSR count). The monoisotopic (exact) mass is 1670 g/mol. The average Bonchev–Trinajstić information content (AvgIpc) is 1.63. The lowest BCUT2D eigenvalue weighted by molar-refractivity contribution is -0.141. The van der Waals surface area contributed by atoms with E-state index < -0.39 is 305 Å². The standard InChI is InChI=1S/C68H99F6N17O25/c1-31(2)47(56(105)76-34(7)53(102)79-40-12-19-89(62(108)82-40)59-66(69,70)50(99)37(25-92)114-59)85-43(95)15-22-111-28-65(88-46(98)11-10-18-75,29-112-23-16-44(96)86-48(32(3)4)57(106)77-35(8)54(103)80-41-13-20-90(63(109)83-41)60-67(71,72)51(100)38(26-93)115-60)30-113-24-17-45(97)87-49(33(5)6)58(107)78-36(9)55(104)81-42-14-21-91(64(110)84-42)61-68(73,74)52(101)39(27-94)116-61/h12-14,19-21,31-39,47-52,59-61,92-94,99-101H,10-11,15-18,22-30,75H2,1-9H3,(H,76,105)(H,77,106)(H,78,107)(H,85,95)(H,86,96)(H,87,97)(H,88,98)(H,79,82,102,108)(H,80,83,103,109)(H,81,84,104,110)/t34-,35-,36-,37+,38+,39+,47-,48-,49-,50+,51+,52+,59+,60+,61+/m0/s1. The van der Waals surface area contributed by atoms with Crippen molar-refractivity contribution in [2.75, 3.05) is 82.0 Å². The first-order chi connectivity index (χ1) is 54.4. The van der Waals surface area contributed by atoms with E-state index in [-0.39, 0.29) is 19.4 Å². The highest BCUT2D eigenvalue weighted by molar-refractivity contribution is 5.99. The summed E-state index contributed by atoms with van der Waals surface area (Å²) in [6.07, 6.45) is -18.7. The molecule has 0 aliphatic carbocycles. The van der Waals surface area contributed by atoms with Crippen molar-refractivity contribution in [1.82, 2.24) is 65.9 Å². The average molecular weight is 1670 g/mol. The number of carbonyl (C=O) groups is 10. The van der Waals surface area contributed by atoms with Crippen LogP contribution in [-0.2, 0) is 76.4 Å². The van der Waals surface area contributed by atoms with Crippen LogP contribution in [0.3, 0.4) is 0 Å². The van der Waals surface area contributed by atoms with Crippen molar-refractivity contribution in [3.8, 4) is 0 Å². The third kappa shape index (κ3) is 24.7. The van der Waals surface area contributed by atoms with Gasteiger partial charge in [-0.2, -0.15) is 41.3 Å². The highest BCUT2D eigenvalue weighted by Gasteiger charge is 2.62. The fourth-order valence-corrected chi connectivity index (χ4v) is 11.6. The number of aliphatic hydroxyl groups excluding tert-OH is 6. The third-order valence-corrected chi connectivity index (χ3v) is 18.3. The molecule has 48 heteroatoms. The van der Waals surface area contributed by atoms with Crippen LogP contribution in [0.5, 0.6) is 0 Å². The van der Waals surface area contributed by atoms with Gasteiger partial charge in [0.1, 0.15) is 77.6 Å². The Morgan fingerprint density at radius 2 is 0.716 bits per heavy atom. The second kappa shape index (κ2) is 42.0. The molecule has 648 valence electrons. The molecule has 3 fully saturated rings. The smallest absolute Gasteiger partial charge is 0.351 e. The number of rotatable bonds is 43. The Kier molecular flexibility index (Phi) is 34.5. The van der Waals surface area contributed by atoms with Crippen molar-refractivity contribution in [3.05, 3.63) is 68.2 Å². The zero-order chi connectivity index (χ0) is 86.6. The molecule has 0 bridgehead atoms. The van der Waals surface area contributed by atoms with Gasteiger partial charge in [0.15, 0.2) is 18.3 Å². The second-order valence-electron chi connectivity index (χ2n) is 28.6. The van der Waals surface area contributed by atoms with E-state index in [4.69, 9.17) is 34.2 Å². The Morgan fingerprint density at radius 1 is 0.448 bits per heavy atom. The predicted octanol–water partition coefficient (Wildman–Crippen LogP) is -5.02. The normalized spacial score (nSPS) is 22.3. The number of amides is 10. The molecule has 0 aromatic carbocycles. The van der Waals surface area contributed by atoms with Gasteiger partial charge in [0.25, 0.3) is 0 Å². The van der Waals surface area contributed by atoms with Crippen molar-refractivity contribution >= 4 is 76.5 Å². The first kappa shape index (κ1) is 95.2. The molecule has 18 N–H and O–H groups in total. The number of nitrogens with one attached hydrogen (secondary N) is 10. The van der Waals surface area contributed by atoms with Crippen LogP contribution in [0, 0.1) is 17.8 Å². The summed E-state index contributed by atoms with van der Waals surface area (Å²) in [5, 5.41) is 82.2. The van der Waals surface area contributed by atoms with E-state index in [1.165, 1.54) is 20.8 Å². The molecule has 6 heterocycles. The number of hydrogen-bond donors (Lipinski definition) is 17. The Bertz CT molecular complexity index is 3740. The summed E-state index contributed by atoms with van der Waals surface area (Å²) in [6.45, 7) is 7.09. The van der Waals surface area contributed by atoms with Crippen LogP contribution in [0.4, 0.5) is 43.8 Å². The zero-order valence-electron chi connectivity index (χ0n) is 64.4.